The van der Waals surface area contributed by atoms with Gasteiger partial charge in [-0.2, -0.15) is 0 Å². The SMILES string of the molecule is CCOCCCn1ccc2cc(CCN)ccc21. The molecule has 0 aliphatic heterocycles. The van der Waals surface area contributed by atoms with Gasteiger partial charge in [-0.3, -0.25) is 0 Å². The topological polar surface area (TPSA) is 40.2 Å². The molecule has 0 atom stereocenters. The lowest BCUT2D eigenvalue weighted by atomic mass is 10.1. The summed E-state index contributed by atoms with van der Waals surface area (Å²) in [6.45, 7) is 5.39. The fraction of sp³-hybridized carbons (Fsp3) is 0.467. The molecular weight excluding hydrogens is 224 g/mol. The molecule has 0 saturated heterocycles. The third-order valence-electron chi connectivity index (χ3n) is 3.16. The molecule has 3 heteroatoms. The van der Waals surface area contributed by atoms with Crippen LogP contribution < -0.4 is 5.73 Å². The molecule has 0 aliphatic carbocycles. The van der Waals surface area contributed by atoms with Crippen LogP contribution >= 0.6 is 0 Å². The summed E-state index contributed by atoms with van der Waals surface area (Å²) in [5.41, 5.74) is 8.20. The van der Waals surface area contributed by atoms with Crippen molar-refractivity contribution in [2.75, 3.05) is 19.8 Å². The highest BCUT2D eigenvalue weighted by atomic mass is 16.5. The molecule has 98 valence electrons. The number of ether oxygens (including phenoxy) is 1. The summed E-state index contributed by atoms with van der Waals surface area (Å²) in [5.74, 6) is 0. The number of nitrogens with two attached hydrogens (primary N) is 1. The monoisotopic (exact) mass is 246 g/mol. The zero-order chi connectivity index (χ0) is 12.8. The molecule has 2 N–H and O–H groups in total. The summed E-state index contributed by atoms with van der Waals surface area (Å²) in [6, 6.07) is 8.78. The van der Waals surface area contributed by atoms with Crippen LogP contribution in [-0.2, 0) is 17.7 Å². The van der Waals surface area contributed by atoms with Crippen molar-refractivity contribution in [3.63, 3.8) is 0 Å². The first-order valence-electron chi connectivity index (χ1n) is 6.70. The molecule has 0 radical (unpaired) electrons. The van der Waals surface area contributed by atoms with E-state index in [1.165, 1.54) is 16.5 Å². The number of aromatic nitrogens is 1. The third-order valence-corrected chi connectivity index (χ3v) is 3.16. The second-order valence-corrected chi connectivity index (χ2v) is 4.49. The number of hydrogen-bond donors (Lipinski definition) is 1. The van der Waals surface area contributed by atoms with Crippen molar-refractivity contribution >= 4 is 10.9 Å². The fourth-order valence-electron chi connectivity index (χ4n) is 2.25. The number of fused-ring (bicyclic) bond motifs is 1. The van der Waals surface area contributed by atoms with E-state index in [0.29, 0.717) is 6.54 Å². The van der Waals surface area contributed by atoms with Gasteiger partial charge in [-0.25, -0.2) is 0 Å². The van der Waals surface area contributed by atoms with E-state index in [1.54, 1.807) is 0 Å². The normalized spacial score (nSPS) is 11.2. The largest absolute Gasteiger partial charge is 0.382 e. The van der Waals surface area contributed by atoms with Gasteiger partial charge >= 0.3 is 0 Å². The molecule has 2 aromatic rings. The Bertz CT molecular complexity index is 490. The quantitative estimate of drug-likeness (QED) is 0.763. The maximum absolute atomic E-state index is 5.58. The van der Waals surface area contributed by atoms with Crippen LogP contribution in [0.25, 0.3) is 10.9 Å². The molecule has 0 saturated carbocycles. The number of benzene rings is 1. The van der Waals surface area contributed by atoms with Crippen LogP contribution in [0.5, 0.6) is 0 Å². The average molecular weight is 246 g/mol. The third kappa shape index (κ3) is 3.12. The Balaban J connectivity index is 2.06. The fourth-order valence-corrected chi connectivity index (χ4v) is 2.25. The summed E-state index contributed by atoms with van der Waals surface area (Å²) in [6.07, 6.45) is 4.16. The van der Waals surface area contributed by atoms with Crippen molar-refractivity contribution < 1.29 is 4.74 Å². The standard InChI is InChI=1S/C15H22N2O/c1-2-18-11-3-9-17-10-7-14-12-13(6-8-16)4-5-15(14)17/h4-5,7,10,12H,2-3,6,8-9,11,16H2,1H3. The van der Waals surface area contributed by atoms with E-state index in [4.69, 9.17) is 10.5 Å². The van der Waals surface area contributed by atoms with E-state index in [1.807, 2.05) is 6.92 Å². The molecule has 0 aliphatic rings. The van der Waals surface area contributed by atoms with Gasteiger partial charge in [0.15, 0.2) is 0 Å². The minimum Gasteiger partial charge on any atom is -0.382 e. The molecule has 2 rings (SSSR count). The summed E-state index contributed by atoms with van der Waals surface area (Å²) < 4.78 is 7.66. The zero-order valence-corrected chi connectivity index (χ0v) is 11.1. The lowest BCUT2D eigenvalue weighted by molar-refractivity contribution is 0.142. The van der Waals surface area contributed by atoms with Gasteiger partial charge in [-0.15, -0.1) is 0 Å². The Labute approximate surface area is 109 Å². The van der Waals surface area contributed by atoms with E-state index in [2.05, 4.69) is 35.0 Å². The molecule has 0 spiro atoms. The van der Waals surface area contributed by atoms with Crippen molar-refractivity contribution in [3.05, 3.63) is 36.0 Å². The minimum atomic E-state index is 0.709. The first-order chi connectivity index (χ1) is 8.85. The molecule has 0 bridgehead atoms. The maximum Gasteiger partial charge on any atom is 0.0482 e. The van der Waals surface area contributed by atoms with E-state index in [0.717, 1.165) is 32.6 Å². The van der Waals surface area contributed by atoms with Crippen LogP contribution in [0.15, 0.2) is 30.5 Å². The van der Waals surface area contributed by atoms with Crippen molar-refractivity contribution in [2.24, 2.45) is 5.73 Å². The lowest BCUT2D eigenvalue weighted by Crippen LogP contribution is -2.03. The molecule has 1 heterocycles. The predicted molar refractivity (Wildman–Crippen MR) is 75.8 cm³/mol. The van der Waals surface area contributed by atoms with Crippen LogP contribution in [0.4, 0.5) is 0 Å². The Kier molecular flexibility index (Phi) is 4.79. The van der Waals surface area contributed by atoms with Crippen LogP contribution in [0, 0.1) is 0 Å². The van der Waals surface area contributed by atoms with Crippen LogP contribution in [0.1, 0.15) is 18.9 Å². The highest BCUT2D eigenvalue weighted by Crippen LogP contribution is 2.18. The Hall–Kier alpha value is -1.32. The number of rotatable bonds is 7. The van der Waals surface area contributed by atoms with E-state index in [-0.39, 0.29) is 0 Å². The molecule has 1 aromatic heterocycles. The van der Waals surface area contributed by atoms with Gasteiger partial charge in [0.05, 0.1) is 0 Å². The Morgan fingerprint density at radius 3 is 2.94 bits per heavy atom. The van der Waals surface area contributed by atoms with Crippen molar-refractivity contribution in [1.29, 1.82) is 0 Å². The molecule has 0 fully saturated rings. The van der Waals surface area contributed by atoms with Gasteiger partial charge in [0.25, 0.3) is 0 Å². The first-order valence-corrected chi connectivity index (χ1v) is 6.70. The van der Waals surface area contributed by atoms with Gasteiger partial charge < -0.3 is 15.0 Å². The number of nitrogens with zero attached hydrogens (tertiary/aromatic N) is 1. The smallest absolute Gasteiger partial charge is 0.0482 e. The average Bonchev–Trinajstić information content (AvgIpc) is 2.78. The minimum absolute atomic E-state index is 0.709. The summed E-state index contributed by atoms with van der Waals surface area (Å²) in [5, 5.41) is 1.30. The van der Waals surface area contributed by atoms with Crippen molar-refractivity contribution in [2.45, 2.75) is 26.3 Å². The van der Waals surface area contributed by atoms with Crippen LogP contribution in [0.2, 0.25) is 0 Å². The molecule has 0 amide bonds. The van der Waals surface area contributed by atoms with Gasteiger partial charge in [-0.1, -0.05) is 6.07 Å². The predicted octanol–water partition coefficient (Wildman–Crippen LogP) is 2.57. The highest BCUT2D eigenvalue weighted by Gasteiger charge is 2.02. The number of hydrogen-bond acceptors (Lipinski definition) is 2. The van der Waals surface area contributed by atoms with Crippen LogP contribution in [0.3, 0.4) is 0 Å². The molecule has 18 heavy (non-hydrogen) atoms. The maximum atomic E-state index is 5.58. The summed E-state index contributed by atoms with van der Waals surface area (Å²) in [4.78, 5) is 0. The van der Waals surface area contributed by atoms with Crippen molar-refractivity contribution in [1.82, 2.24) is 4.57 Å². The summed E-state index contributed by atoms with van der Waals surface area (Å²) >= 11 is 0. The van der Waals surface area contributed by atoms with Gasteiger partial charge in [0, 0.05) is 31.5 Å². The van der Waals surface area contributed by atoms with Gasteiger partial charge in [0.2, 0.25) is 0 Å². The van der Waals surface area contributed by atoms with Crippen molar-refractivity contribution in [3.8, 4) is 0 Å². The van der Waals surface area contributed by atoms with E-state index >= 15 is 0 Å². The first kappa shape index (κ1) is 13.1. The number of aryl methyl sites for hydroxylation is 1. The summed E-state index contributed by atoms with van der Waals surface area (Å²) in [7, 11) is 0. The zero-order valence-electron chi connectivity index (χ0n) is 11.1. The van der Waals surface area contributed by atoms with E-state index < -0.39 is 0 Å². The van der Waals surface area contributed by atoms with Gasteiger partial charge in [0.1, 0.15) is 0 Å². The molecular formula is C15H22N2O. The highest BCUT2D eigenvalue weighted by molar-refractivity contribution is 5.80. The second kappa shape index (κ2) is 6.57. The molecule has 3 nitrogen and oxygen atoms in total. The molecule has 1 aromatic carbocycles. The Morgan fingerprint density at radius 2 is 2.17 bits per heavy atom. The van der Waals surface area contributed by atoms with E-state index in [9.17, 15) is 0 Å². The lowest BCUT2D eigenvalue weighted by Gasteiger charge is -2.06. The van der Waals surface area contributed by atoms with Crippen LogP contribution in [-0.4, -0.2) is 24.3 Å². The van der Waals surface area contributed by atoms with Gasteiger partial charge in [-0.05, 0) is 55.5 Å². The Morgan fingerprint density at radius 1 is 1.28 bits per heavy atom. The second-order valence-electron chi connectivity index (χ2n) is 4.49. The molecule has 0 unspecified atom stereocenters.